The van der Waals surface area contributed by atoms with Gasteiger partial charge in [0.1, 0.15) is 0 Å². The Labute approximate surface area is 98.5 Å². The van der Waals surface area contributed by atoms with Gasteiger partial charge in [-0.3, -0.25) is 0 Å². The van der Waals surface area contributed by atoms with Crippen molar-refractivity contribution in [2.45, 2.75) is 11.4 Å². The first kappa shape index (κ1) is 10.6. The van der Waals surface area contributed by atoms with Crippen molar-refractivity contribution in [1.29, 1.82) is 0 Å². The summed E-state index contributed by atoms with van der Waals surface area (Å²) in [6.07, 6.45) is 2.09. The summed E-state index contributed by atoms with van der Waals surface area (Å²) in [5, 5.41) is 7.67. The van der Waals surface area contributed by atoms with Gasteiger partial charge in [0, 0.05) is 17.1 Å². The highest BCUT2D eigenvalue weighted by Crippen LogP contribution is 2.18. The molecule has 0 saturated carbocycles. The van der Waals surface area contributed by atoms with E-state index in [-0.39, 0.29) is 0 Å². The molecule has 0 spiro atoms. The predicted molar refractivity (Wildman–Crippen MR) is 69.9 cm³/mol. The van der Waals surface area contributed by atoms with E-state index in [1.54, 1.807) is 23.1 Å². The predicted octanol–water partition coefficient (Wildman–Crippen LogP) is 4.08. The molecular formula is C12H13NS2. The quantitative estimate of drug-likeness (QED) is 0.801. The van der Waals surface area contributed by atoms with Gasteiger partial charge in [0.15, 0.2) is 0 Å². The van der Waals surface area contributed by atoms with Crippen molar-refractivity contribution in [3.05, 3.63) is 46.7 Å². The van der Waals surface area contributed by atoms with Gasteiger partial charge in [0.25, 0.3) is 0 Å². The summed E-state index contributed by atoms with van der Waals surface area (Å²) in [4.78, 5) is 1.30. The smallest absolute Gasteiger partial charge is 0.0409 e. The Bertz CT molecular complexity index is 392. The summed E-state index contributed by atoms with van der Waals surface area (Å²) >= 11 is 3.50. The van der Waals surface area contributed by atoms with E-state index >= 15 is 0 Å². The van der Waals surface area contributed by atoms with E-state index in [9.17, 15) is 0 Å². The molecular weight excluding hydrogens is 222 g/mol. The maximum absolute atomic E-state index is 3.40. The molecule has 0 aliphatic heterocycles. The van der Waals surface area contributed by atoms with Gasteiger partial charge in [-0.25, -0.2) is 0 Å². The van der Waals surface area contributed by atoms with Gasteiger partial charge in [-0.1, -0.05) is 0 Å². The summed E-state index contributed by atoms with van der Waals surface area (Å²) < 4.78 is 0. The molecule has 0 bridgehead atoms. The molecule has 0 saturated heterocycles. The molecule has 15 heavy (non-hydrogen) atoms. The van der Waals surface area contributed by atoms with E-state index in [1.165, 1.54) is 16.1 Å². The monoisotopic (exact) mass is 235 g/mol. The fourth-order valence-electron chi connectivity index (χ4n) is 1.31. The zero-order chi connectivity index (χ0) is 10.5. The van der Waals surface area contributed by atoms with Crippen LogP contribution in [0.15, 0.2) is 46.0 Å². The van der Waals surface area contributed by atoms with E-state index < -0.39 is 0 Å². The zero-order valence-electron chi connectivity index (χ0n) is 8.57. The number of nitrogens with one attached hydrogen (secondary N) is 1. The van der Waals surface area contributed by atoms with E-state index in [0.717, 1.165) is 6.54 Å². The molecule has 0 unspecified atom stereocenters. The van der Waals surface area contributed by atoms with Crippen LogP contribution in [0.2, 0.25) is 0 Å². The van der Waals surface area contributed by atoms with E-state index in [1.807, 2.05) is 0 Å². The molecule has 0 aliphatic rings. The second-order valence-corrected chi connectivity index (χ2v) is 4.87. The van der Waals surface area contributed by atoms with Crippen LogP contribution in [0.25, 0.3) is 0 Å². The van der Waals surface area contributed by atoms with Crippen LogP contribution >= 0.6 is 23.1 Å². The van der Waals surface area contributed by atoms with Crippen LogP contribution in [0.5, 0.6) is 0 Å². The van der Waals surface area contributed by atoms with E-state index in [2.05, 4.69) is 52.7 Å². The Morgan fingerprint density at radius 3 is 2.60 bits per heavy atom. The van der Waals surface area contributed by atoms with Crippen molar-refractivity contribution in [1.82, 2.24) is 0 Å². The Morgan fingerprint density at radius 1 is 1.20 bits per heavy atom. The topological polar surface area (TPSA) is 12.0 Å². The highest BCUT2D eigenvalue weighted by Gasteiger charge is 1.94. The Balaban J connectivity index is 1.93. The average Bonchev–Trinajstić information content (AvgIpc) is 2.80. The van der Waals surface area contributed by atoms with Crippen LogP contribution in [0.3, 0.4) is 0 Å². The molecule has 2 rings (SSSR count). The second kappa shape index (κ2) is 5.24. The number of benzene rings is 1. The number of thiophene rings is 1. The molecule has 0 atom stereocenters. The van der Waals surface area contributed by atoms with Crippen LogP contribution < -0.4 is 5.32 Å². The fourth-order valence-corrected chi connectivity index (χ4v) is 2.38. The number of thioether (sulfide) groups is 1. The zero-order valence-corrected chi connectivity index (χ0v) is 10.2. The fraction of sp³-hybridized carbons (Fsp3) is 0.167. The minimum Gasteiger partial charge on any atom is -0.381 e. The first-order valence-corrected chi connectivity index (χ1v) is 6.94. The highest BCUT2D eigenvalue weighted by atomic mass is 32.2. The normalized spacial score (nSPS) is 10.2. The van der Waals surface area contributed by atoms with Crippen LogP contribution in [0, 0.1) is 0 Å². The van der Waals surface area contributed by atoms with Gasteiger partial charge < -0.3 is 5.32 Å². The molecule has 2 aromatic rings. The van der Waals surface area contributed by atoms with Crippen LogP contribution in [0.4, 0.5) is 5.69 Å². The molecule has 0 aliphatic carbocycles. The van der Waals surface area contributed by atoms with Crippen molar-refractivity contribution in [2.24, 2.45) is 0 Å². The molecule has 3 heteroatoms. The first-order valence-electron chi connectivity index (χ1n) is 4.77. The molecule has 1 nitrogen and oxygen atoms in total. The van der Waals surface area contributed by atoms with Crippen LogP contribution in [-0.4, -0.2) is 6.26 Å². The van der Waals surface area contributed by atoms with E-state index in [4.69, 9.17) is 0 Å². The highest BCUT2D eigenvalue weighted by molar-refractivity contribution is 7.98. The van der Waals surface area contributed by atoms with Gasteiger partial charge >= 0.3 is 0 Å². The lowest BCUT2D eigenvalue weighted by Crippen LogP contribution is -1.97. The van der Waals surface area contributed by atoms with Crippen molar-refractivity contribution in [3.8, 4) is 0 Å². The largest absolute Gasteiger partial charge is 0.381 e. The van der Waals surface area contributed by atoms with Crippen molar-refractivity contribution >= 4 is 28.8 Å². The first-order chi connectivity index (χ1) is 7.38. The molecule has 0 fully saturated rings. The summed E-state index contributed by atoms with van der Waals surface area (Å²) in [6.45, 7) is 0.905. The minimum absolute atomic E-state index is 0.905. The lowest BCUT2D eigenvalue weighted by molar-refractivity contribution is 1.16. The van der Waals surface area contributed by atoms with Crippen molar-refractivity contribution in [3.63, 3.8) is 0 Å². The summed E-state index contributed by atoms with van der Waals surface area (Å²) in [5.41, 5.74) is 2.52. The molecule has 78 valence electrons. The third-order valence-corrected chi connectivity index (χ3v) is 3.64. The van der Waals surface area contributed by atoms with Crippen molar-refractivity contribution < 1.29 is 0 Å². The maximum atomic E-state index is 3.40. The van der Waals surface area contributed by atoms with E-state index in [0.29, 0.717) is 0 Å². The SMILES string of the molecule is CSc1ccc(NCc2ccsc2)cc1. The summed E-state index contributed by atoms with van der Waals surface area (Å²) in [6, 6.07) is 10.7. The summed E-state index contributed by atoms with van der Waals surface area (Å²) in [7, 11) is 0. The van der Waals surface area contributed by atoms with Gasteiger partial charge in [-0.2, -0.15) is 11.3 Å². The van der Waals surface area contributed by atoms with Gasteiger partial charge in [0.05, 0.1) is 0 Å². The molecule has 0 radical (unpaired) electrons. The minimum atomic E-state index is 0.905. The molecule has 1 heterocycles. The van der Waals surface area contributed by atoms with Crippen LogP contribution in [0.1, 0.15) is 5.56 Å². The maximum Gasteiger partial charge on any atom is 0.0409 e. The van der Waals surface area contributed by atoms with Gasteiger partial charge in [-0.05, 0) is 52.9 Å². The lowest BCUT2D eigenvalue weighted by atomic mass is 10.3. The molecule has 1 aromatic heterocycles. The Morgan fingerprint density at radius 2 is 2.00 bits per heavy atom. The lowest BCUT2D eigenvalue weighted by Gasteiger charge is -2.05. The number of rotatable bonds is 4. The number of hydrogen-bond donors (Lipinski definition) is 1. The molecule has 0 amide bonds. The Kier molecular flexibility index (Phi) is 3.69. The average molecular weight is 235 g/mol. The van der Waals surface area contributed by atoms with Crippen LogP contribution in [-0.2, 0) is 6.54 Å². The van der Waals surface area contributed by atoms with Crippen molar-refractivity contribution in [2.75, 3.05) is 11.6 Å². The molecule has 1 aromatic carbocycles. The standard InChI is InChI=1S/C12H13NS2/c1-14-12-4-2-11(3-5-12)13-8-10-6-7-15-9-10/h2-7,9,13H,8H2,1H3. The second-order valence-electron chi connectivity index (χ2n) is 3.21. The third kappa shape index (κ3) is 3.01. The summed E-state index contributed by atoms with van der Waals surface area (Å²) in [5.74, 6) is 0. The molecule has 1 N–H and O–H groups in total. The Hall–Kier alpha value is -0.930. The number of anilines is 1. The third-order valence-electron chi connectivity index (χ3n) is 2.17. The van der Waals surface area contributed by atoms with Gasteiger partial charge in [0.2, 0.25) is 0 Å². The number of hydrogen-bond acceptors (Lipinski definition) is 3. The van der Waals surface area contributed by atoms with Gasteiger partial charge in [-0.15, -0.1) is 11.8 Å².